The second-order valence-corrected chi connectivity index (χ2v) is 4.77. The monoisotopic (exact) mass is 283 g/mol. The van der Waals surface area contributed by atoms with Gasteiger partial charge >= 0.3 is 97.6 Å². The first kappa shape index (κ1) is 11.0. The van der Waals surface area contributed by atoms with Crippen molar-refractivity contribution in [2.75, 3.05) is 6.61 Å². The van der Waals surface area contributed by atoms with E-state index in [1.54, 1.807) is 19.1 Å². The normalized spacial score (nSPS) is 10.3. The van der Waals surface area contributed by atoms with E-state index in [9.17, 15) is 9.59 Å². The number of rotatable bonds is 2. The summed E-state index contributed by atoms with van der Waals surface area (Å²) in [7, 11) is 0. The van der Waals surface area contributed by atoms with Crippen molar-refractivity contribution in [1.82, 2.24) is 3.98 Å². The Balaban J connectivity index is 2.61. The molecule has 0 saturated carbocycles. The van der Waals surface area contributed by atoms with Gasteiger partial charge in [0.15, 0.2) is 0 Å². The van der Waals surface area contributed by atoms with E-state index in [0.717, 1.165) is 4.26 Å². The number of hydrogen-bond donors (Lipinski definition) is 0. The Morgan fingerprint density at radius 2 is 2.19 bits per heavy atom. The van der Waals surface area contributed by atoms with Gasteiger partial charge in [-0.05, 0) is 0 Å². The van der Waals surface area contributed by atoms with Crippen LogP contribution in [0.25, 0.3) is 9.65 Å². The molecule has 0 spiro atoms. The molecular weight excluding hydrogens is 273 g/mol. The first-order chi connectivity index (χ1) is 7.74. The van der Waals surface area contributed by atoms with E-state index in [1.807, 2.05) is 12.1 Å². The van der Waals surface area contributed by atoms with Crippen molar-refractivity contribution in [2.45, 2.75) is 6.92 Å². The molecule has 1 aromatic carbocycles. The van der Waals surface area contributed by atoms with Crippen LogP contribution in [0, 0.1) is 0 Å². The first-order valence-corrected chi connectivity index (χ1v) is 6.42. The molecule has 2 aromatic rings. The topological polar surface area (TPSA) is 56.3 Å². The number of esters is 1. The fraction of sp³-hybridized carbons (Fsp3) is 0.182. The van der Waals surface area contributed by atoms with Crippen LogP contribution in [-0.4, -0.2) is 31.3 Å². The van der Waals surface area contributed by atoms with Crippen molar-refractivity contribution in [3.63, 3.8) is 0 Å². The molecule has 2 rings (SSSR count). The SMILES string of the molecule is CCOC(=O)c1n[se]c2ccccc2c1=O. The third-order valence-corrected chi connectivity index (χ3v) is 3.78. The van der Waals surface area contributed by atoms with Crippen LogP contribution >= 0.6 is 0 Å². The van der Waals surface area contributed by atoms with Gasteiger partial charge < -0.3 is 0 Å². The molecule has 0 bridgehead atoms. The van der Waals surface area contributed by atoms with Gasteiger partial charge in [0.2, 0.25) is 0 Å². The molecule has 4 nitrogen and oxygen atoms in total. The molecule has 0 radical (unpaired) electrons. The van der Waals surface area contributed by atoms with E-state index in [4.69, 9.17) is 4.74 Å². The fourth-order valence-electron chi connectivity index (χ4n) is 1.33. The number of carbonyl (C=O) groups excluding carboxylic acids is 1. The zero-order chi connectivity index (χ0) is 11.5. The number of aromatic nitrogens is 1. The molecule has 5 heteroatoms. The van der Waals surface area contributed by atoms with Crippen molar-refractivity contribution >= 4 is 30.3 Å². The molecule has 0 aliphatic heterocycles. The molecule has 1 heterocycles. The van der Waals surface area contributed by atoms with Crippen LogP contribution in [0.2, 0.25) is 0 Å². The summed E-state index contributed by atoms with van der Waals surface area (Å²) in [6.45, 7) is 1.95. The predicted molar refractivity (Wildman–Crippen MR) is 60.9 cm³/mol. The van der Waals surface area contributed by atoms with Crippen LogP contribution in [0.1, 0.15) is 17.4 Å². The van der Waals surface area contributed by atoms with Gasteiger partial charge in [-0.2, -0.15) is 0 Å². The Kier molecular flexibility index (Phi) is 3.17. The number of fused-ring (bicyclic) bond motifs is 1. The summed E-state index contributed by atoms with van der Waals surface area (Å²) >= 11 is -0.216. The zero-order valence-electron chi connectivity index (χ0n) is 8.60. The van der Waals surface area contributed by atoms with Gasteiger partial charge in [-0.15, -0.1) is 0 Å². The molecule has 0 aliphatic rings. The average molecular weight is 282 g/mol. The molecule has 1 aromatic heterocycles. The molecule has 16 heavy (non-hydrogen) atoms. The molecular formula is C11H9NO3Se. The number of ether oxygens (including phenoxy) is 1. The minimum absolute atomic E-state index is 0.0689. The predicted octanol–water partition coefficient (Wildman–Crippen LogP) is 0.829. The quantitative estimate of drug-likeness (QED) is 0.604. The maximum atomic E-state index is 11.9. The molecule has 0 atom stereocenters. The first-order valence-electron chi connectivity index (χ1n) is 4.80. The van der Waals surface area contributed by atoms with E-state index in [2.05, 4.69) is 3.98 Å². The molecule has 0 N–H and O–H groups in total. The Morgan fingerprint density at radius 3 is 2.94 bits per heavy atom. The Labute approximate surface area is 97.9 Å². The molecule has 0 fully saturated rings. The van der Waals surface area contributed by atoms with Crippen molar-refractivity contribution in [3.8, 4) is 0 Å². The third-order valence-electron chi connectivity index (χ3n) is 2.05. The Bertz CT molecular complexity index is 591. The van der Waals surface area contributed by atoms with Crippen molar-refractivity contribution < 1.29 is 9.53 Å². The summed E-state index contributed by atoms with van der Waals surface area (Å²) in [5, 5.41) is 0.570. The second-order valence-electron chi connectivity index (χ2n) is 3.08. The average Bonchev–Trinajstić information content (AvgIpc) is 2.30. The van der Waals surface area contributed by atoms with E-state index >= 15 is 0 Å². The van der Waals surface area contributed by atoms with Crippen LogP contribution in [0.4, 0.5) is 0 Å². The summed E-state index contributed by atoms with van der Waals surface area (Å²) in [6, 6.07) is 7.21. The molecule has 0 unspecified atom stereocenters. The van der Waals surface area contributed by atoms with E-state index in [1.165, 1.54) is 0 Å². The standard InChI is InChI=1S/C11H9NO3Se/c1-2-15-11(14)9-10(13)7-5-3-4-6-8(7)16-12-9/h3-6H,2H2,1H3. The van der Waals surface area contributed by atoms with Gasteiger partial charge in [0.25, 0.3) is 0 Å². The van der Waals surface area contributed by atoms with Crippen LogP contribution in [0.5, 0.6) is 0 Å². The number of nitrogens with zero attached hydrogens (tertiary/aromatic N) is 1. The van der Waals surface area contributed by atoms with Gasteiger partial charge in [-0.3, -0.25) is 0 Å². The third kappa shape index (κ3) is 1.92. The van der Waals surface area contributed by atoms with Crippen molar-refractivity contribution in [3.05, 3.63) is 40.2 Å². The van der Waals surface area contributed by atoms with Crippen LogP contribution in [0.3, 0.4) is 0 Å². The summed E-state index contributed by atoms with van der Waals surface area (Å²) in [5.74, 6) is -0.621. The summed E-state index contributed by atoms with van der Waals surface area (Å²) in [4.78, 5) is 23.4. The zero-order valence-corrected chi connectivity index (χ0v) is 10.3. The molecule has 82 valence electrons. The second kappa shape index (κ2) is 4.60. The van der Waals surface area contributed by atoms with Crippen molar-refractivity contribution in [2.24, 2.45) is 0 Å². The van der Waals surface area contributed by atoms with Crippen LogP contribution in [-0.2, 0) is 4.74 Å². The summed E-state index contributed by atoms with van der Waals surface area (Å²) < 4.78 is 9.72. The van der Waals surface area contributed by atoms with E-state index < -0.39 is 5.97 Å². The number of carbonyl (C=O) groups is 1. The van der Waals surface area contributed by atoms with Gasteiger partial charge in [0.1, 0.15) is 0 Å². The number of benzene rings is 1. The number of hydrogen-bond acceptors (Lipinski definition) is 4. The summed E-state index contributed by atoms with van der Waals surface area (Å²) in [6.07, 6.45) is 0. The van der Waals surface area contributed by atoms with E-state index in [-0.39, 0.29) is 32.5 Å². The Morgan fingerprint density at radius 1 is 1.44 bits per heavy atom. The van der Waals surface area contributed by atoms with Gasteiger partial charge in [0, 0.05) is 0 Å². The summed E-state index contributed by atoms with van der Waals surface area (Å²) in [5.41, 5.74) is -0.400. The van der Waals surface area contributed by atoms with Gasteiger partial charge in [0.05, 0.1) is 0 Å². The molecule has 0 saturated heterocycles. The van der Waals surface area contributed by atoms with Gasteiger partial charge in [-0.25, -0.2) is 0 Å². The maximum absolute atomic E-state index is 11.9. The molecule has 0 amide bonds. The van der Waals surface area contributed by atoms with E-state index in [0.29, 0.717) is 5.39 Å². The van der Waals surface area contributed by atoms with Crippen molar-refractivity contribution in [1.29, 1.82) is 0 Å². The minimum atomic E-state index is -0.621. The molecule has 0 aliphatic carbocycles. The van der Waals surface area contributed by atoms with Crippen LogP contribution < -0.4 is 5.43 Å². The van der Waals surface area contributed by atoms with Gasteiger partial charge in [-0.1, -0.05) is 0 Å². The van der Waals surface area contributed by atoms with Crippen LogP contribution in [0.15, 0.2) is 29.1 Å². The fourth-order valence-corrected chi connectivity index (χ4v) is 2.89. The Hall–Kier alpha value is -1.45.